The molecule has 1 amide bonds. The van der Waals surface area contributed by atoms with Crippen LogP contribution in [-0.2, 0) is 11.8 Å². The van der Waals surface area contributed by atoms with Crippen molar-refractivity contribution in [3.05, 3.63) is 52.5 Å². The number of carbonyl (C=O) groups excluding carboxylic acids is 1. The van der Waals surface area contributed by atoms with Crippen LogP contribution in [0.4, 0.5) is 0 Å². The minimum atomic E-state index is -0.238. The Labute approximate surface area is 127 Å². The number of benzene rings is 1. The molecule has 106 valence electrons. The number of halogens is 1. The third-order valence-electron chi connectivity index (χ3n) is 3.13. The maximum Gasteiger partial charge on any atom is 0.223 e. The quantitative estimate of drug-likeness (QED) is 0.933. The van der Waals surface area contributed by atoms with Gasteiger partial charge in [-0.1, -0.05) is 41.9 Å². The van der Waals surface area contributed by atoms with E-state index >= 15 is 0 Å². The van der Waals surface area contributed by atoms with Gasteiger partial charge < -0.3 is 9.88 Å². The smallest absolute Gasteiger partial charge is 0.223 e. The van der Waals surface area contributed by atoms with Crippen molar-refractivity contribution >= 4 is 21.8 Å². The summed E-state index contributed by atoms with van der Waals surface area (Å²) >= 11 is 3.42. The number of nitrogens with one attached hydrogen (secondary N) is 1. The molecule has 2 aromatic rings. The molecule has 0 saturated carbocycles. The number of amides is 1. The molecule has 1 atom stereocenters. The number of hydrogen-bond acceptors (Lipinski definition) is 2. The third-order valence-corrected chi connectivity index (χ3v) is 3.66. The van der Waals surface area contributed by atoms with Crippen LogP contribution in [0.25, 0.3) is 0 Å². The van der Waals surface area contributed by atoms with Crippen molar-refractivity contribution in [3.8, 4) is 0 Å². The molecule has 1 aromatic carbocycles. The summed E-state index contributed by atoms with van der Waals surface area (Å²) in [5, 5.41) is 3.06. The highest BCUT2D eigenvalue weighted by atomic mass is 79.9. The largest absolute Gasteiger partial charge is 0.342 e. The second-order valence-corrected chi connectivity index (χ2v) is 5.96. The molecule has 20 heavy (non-hydrogen) atoms. The highest BCUT2D eigenvalue weighted by Gasteiger charge is 2.21. The van der Waals surface area contributed by atoms with Gasteiger partial charge >= 0.3 is 0 Å². The maximum atomic E-state index is 12.0. The summed E-state index contributed by atoms with van der Waals surface area (Å²) in [6, 6.07) is 7.67. The number of aromatic nitrogens is 2. The van der Waals surface area contributed by atoms with Crippen LogP contribution in [0, 0.1) is 5.92 Å². The van der Waals surface area contributed by atoms with Gasteiger partial charge in [-0.05, 0) is 17.7 Å². The van der Waals surface area contributed by atoms with Gasteiger partial charge in [0.25, 0.3) is 0 Å². The number of carbonyl (C=O) groups is 1. The minimum absolute atomic E-state index is 0.0147. The highest BCUT2D eigenvalue weighted by Crippen LogP contribution is 2.22. The zero-order valence-electron chi connectivity index (χ0n) is 11.8. The van der Waals surface area contributed by atoms with Gasteiger partial charge in [-0.15, -0.1) is 0 Å². The lowest BCUT2D eigenvalue weighted by Crippen LogP contribution is -2.33. The summed E-state index contributed by atoms with van der Waals surface area (Å²) in [4.78, 5) is 16.4. The lowest BCUT2D eigenvalue weighted by molar-refractivity contribution is -0.124. The summed E-state index contributed by atoms with van der Waals surface area (Å²) in [5.41, 5.74) is 1.01. The third kappa shape index (κ3) is 3.28. The van der Waals surface area contributed by atoms with E-state index in [0.717, 1.165) is 15.9 Å². The molecule has 0 bridgehead atoms. The van der Waals surface area contributed by atoms with E-state index in [1.165, 1.54) is 0 Å². The summed E-state index contributed by atoms with van der Waals surface area (Å²) in [5.74, 6) is 0.774. The van der Waals surface area contributed by atoms with Crippen molar-refractivity contribution in [1.82, 2.24) is 14.9 Å². The van der Waals surface area contributed by atoms with Gasteiger partial charge in [0.05, 0.1) is 0 Å². The molecule has 0 fully saturated rings. The Bertz CT molecular complexity index is 589. The van der Waals surface area contributed by atoms with E-state index in [9.17, 15) is 4.79 Å². The summed E-state index contributed by atoms with van der Waals surface area (Å²) in [6.07, 6.45) is 3.62. The SMILES string of the molecule is CC(C)C(=O)NC(c1ccc(Br)cc1)c1nccn1C. The van der Waals surface area contributed by atoms with E-state index in [0.29, 0.717) is 0 Å². The lowest BCUT2D eigenvalue weighted by Gasteiger charge is -2.20. The summed E-state index contributed by atoms with van der Waals surface area (Å²) in [7, 11) is 1.93. The Morgan fingerprint density at radius 3 is 2.45 bits per heavy atom. The Balaban J connectivity index is 2.36. The predicted molar refractivity (Wildman–Crippen MR) is 82.2 cm³/mol. The zero-order valence-corrected chi connectivity index (χ0v) is 13.4. The number of imidazole rings is 1. The molecular formula is C15H18BrN3O. The van der Waals surface area contributed by atoms with E-state index in [-0.39, 0.29) is 17.9 Å². The maximum absolute atomic E-state index is 12.0. The van der Waals surface area contributed by atoms with Crippen molar-refractivity contribution in [1.29, 1.82) is 0 Å². The van der Waals surface area contributed by atoms with E-state index in [4.69, 9.17) is 0 Å². The Morgan fingerprint density at radius 1 is 1.30 bits per heavy atom. The lowest BCUT2D eigenvalue weighted by atomic mass is 10.0. The van der Waals surface area contributed by atoms with Gasteiger partial charge in [0.15, 0.2) is 0 Å². The molecule has 1 unspecified atom stereocenters. The summed E-state index contributed by atoms with van der Waals surface area (Å²) < 4.78 is 2.93. The molecule has 0 aliphatic rings. The second-order valence-electron chi connectivity index (χ2n) is 5.04. The fourth-order valence-electron chi connectivity index (χ4n) is 1.92. The second kappa shape index (κ2) is 6.22. The molecule has 1 aromatic heterocycles. The topological polar surface area (TPSA) is 46.9 Å². The fraction of sp³-hybridized carbons (Fsp3) is 0.333. The number of nitrogens with zero attached hydrogens (tertiary/aromatic N) is 2. The average Bonchev–Trinajstić information content (AvgIpc) is 2.83. The monoisotopic (exact) mass is 335 g/mol. The predicted octanol–water partition coefficient (Wildman–Crippen LogP) is 3.04. The number of hydrogen-bond donors (Lipinski definition) is 1. The Kier molecular flexibility index (Phi) is 4.60. The molecule has 2 rings (SSSR count). The fourth-order valence-corrected chi connectivity index (χ4v) is 2.18. The molecule has 1 N–H and O–H groups in total. The molecule has 0 radical (unpaired) electrons. The number of aryl methyl sites for hydroxylation is 1. The van der Waals surface area contributed by atoms with E-state index in [1.54, 1.807) is 6.20 Å². The van der Waals surface area contributed by atoms with Gasteiger partial charge in [-0.3, -0.25) is 4.79 Å². The van der Waals surface area contributed by atoms with Crippen LogP contribution in [0.3, 0.4) is 0 Å². The van der Waals surface area contributed by atoms with Crippen LogP contribution in [0.1, 0.15) is 31.3 Å². The van der Waals surface area contributed by atoms with Gasteiger partial charge in [0.1, 0.15) is 11.9 Å². The van der Waals surface area contributed by atoms with Gasteiger partial charge in [0.2, 0.25) is 5.91 Å². The zero-order chi connectivity index (χ0) is 14.7. The first-order valence-corrected chi connectivity index (χ1v) is 7.31. The van der Waals surface area contributed by atoms with Gasteiger partial charge in [0, 0.05) is 29.8 Å². The normalized spacial score (nSPS) is 12.4. The Morgan fingerprint density at radius 2 is 1.95 bits per heavy atom. The van der Waals surface area contributed by atoms with Crippen molar-refractivity contribution in [2.24, 2.45) is 13.0 Å². The Hall–Kier alpha value is -1.62. The first-order chi connectivity index (χ1) is 9.49. The van der Waals surface area contributed by atoms with Gasteiger partial charge in [-0.2, -0.15) is 0 Å². The average molecular weight is 336 g/mol. The van der Waals surface area contributed by atoms with Crippen LogP contribution < -0.4 is 5.32 Å². The molecule has 0 saturated heterocycles. The molecular weight excluding hydrogens is 318 g/mol. The van der Waals surface area contributed by atoms with E-state index in [1.807, 2.05) is 55.9 Å². The summed E-state index contributed by atoms with van der Waals surface area (Å²) in [6.45, 7) is 3.76. The van der Waals surface area contributed by atoms with Crippen LogP contribution in [0.5, 0.6) is 0 Å². The van der Waals surface area contributed by atoms with Crippen LogP contribution in [-0.4, -0.2) is 15.5 Å². The highest BCUT2D eigenvalue weighted by molar-refractivity contribution is 9.10. The van der Waals surface area contributed by atoms with Crippen molar-refractivity contribution in [2.75, 3.05) is 0 Å². The van der Waals surface area contributed by atoms with E-state index in [2.05, 4.69) is 26.2 Å². The molecule has 0 aliphatic carbocycles. The van der Waals surface area contributed by atoms with Crippen LogP contribution >= 0.6 is 15.9 Å². The van der Waals surface area contributed by atoms with Crippen molar-refractivity contribution < 1.29 is 4.79 Å². The minimum Gasteiger partial charge on any atom is -0.342 e. The molecule has 1 heterocycles. The first-order valence-electron chi connectivity index (χ1n) is 6.52. The molecule has 0 aliphatic heterocycles. The van der Waals surface area contributed by atoms with Crippen molar-refractivity contribution in [2.45, 2.75) is 19.9 Å². The number of rotatable bonds is 4. The molecule has 5 heteroatoms. The van der Waals surface area contributed by atoms with Crippen LogP contribution in [0.15, 0.2) is 41.1 Å². The van der Waals surface area contributed by atoms with Crippen LogP contribution in [0.2, 0.25) is 0 Å². The van der Waals surface area contributed by atoms with Gasteiger partial charge in [-0.25, -0.2) is 4.98 Å². The molecule has 0 spiro atoms. The van der Waals surface area contributed by atoms with Crippen molar-refractivity contribution in [3.63, 3.8) is 0 Å². The molecule has 4 nitrogen and oxygen atoms in total. The van der Waals surface area contributed by atoms with E-state index < -0.39 is 0 Å². The standard InChI is InChI=1S/C15H18BrN3O/c1-10(2)15(20)18-13(14-17-8-9-19(14)3)11-4-6-12(16)7-5-11/h4-10,13H,1-3H3,(H,18,20). The first kappa shape index (κ1) is 14.8.